The number of aryl methyl sites for hydroxylation is 1. The third kappa shape index (κ3) is 3.06. The zero-order valence-electron chi connectivity index (χ0n) is 11.0. The van der Waals surface area contributed by atoms with Crippen LogP contribution in [0.3, 0.4) is 0 Å². The van der Waals surface area contributed by atoms with Crippen molar-refractivity contribution in [3.8, 4) is 0 Å². The third-order valence-electron chi connectivity index (χ3n) is 3.19. The van der Waals surface area contributed by atoms with Crippen LogP contribution in [0.4, 0.5) is 0 Å². The number of rotatable bonds is 4. The highest BCUT2D eigenvalue weighted by Gasteiger charge is 2.24. The number of aliphatic hydroxyl groups is 1. The van der Waals surface area contributed by atoms with Gasteiger partial charge in [-0.3, -0.25) is 4.90 Å². The Kier molecular flexibility index (Phi) is 3.85. The second-order valence-electron chi connectivity index (χ2n) is 5.28. The van der Waals surface area contributed by atoms with Gasteiger partial charge in [-0.1, -0.05) is 6.92 Å². The fourth-order valence-electron chi connectivity index (χ4n) is 2.32. The molecule has 0 spiro atoms. The van der Waals surface area contributed by atoms with E-state index in [-0.39, 0.29) is 0 Å². The average Bonchev–Trinajstić information content (AvgIpc) is 2.86. The molecule has 3 nitrogen and oxygen atoms in total. The van der Waals surface area contributed by atoms with E-state index in [9.17, 15) is 5.11 Å². The Balaban J connectivity index is 2.15. The van der Waals surface area contributed by atoms with Gasteiger partial charge in [0.2, 0.25) is 0 Å². The van der Waals surface area contributed by atoms with Crippen molar-refractivity contribution in [1.82, 2.24) is 9.88 Å². The molecule has 1 saturated heterocycles. The van der Waals surface area contributed by atoms with Crippen LogP contribution in [0.5, 0.6) is 0 Å². The van der Waals surface area contributed by atoms with Crippen LogP contribution in [0.2, 0.25) is 0 Å². The van der Waals surface area contributed by atoms with Crippen LogP contribution in [0.25, 0.3) is 0 Å². The Labute approximate surface area is 107 Å². The molecule has 0 bridgehead atoms. The maximum atomic E-state index is 10.1. The van der Waals surface area contributed by atoms with Crippen LogP contribution in [0.1, 0.15) is 49.2 Å². The minimum absolute atomic E-state index is 0.758. The fraction of sp³-hybridized carbons (Fsp3) is 0.769. The summed E-state index contributed by atoms with van der Waals surface area (Å²) in [5.41, 5.74) is 0.309. The van der Waals surface area contributed by atoms with Crippen LogP contribution in [-0.4, -0.2) is 28.1 Å². The van der Waals surface area contributed by atoms with Crippen molar-refractivity contribution in [3.63, 3.8) is 0 Å². The largest absolute Gasteiger partial charge is 0.385 e. The van der Waals surface area contributed by atoms with E-state index in [4.69, 9.17) is 0 Å². The molecular weight excluding hydrogens is 232 g/mol. The summed E-state index contributed by atoms with van der Waals surface area (Å²) in [6.07, 6.45) is 3.52. The molecule has 1 aliphatic rings. The Morgan fingerprint density at radius 2 is 2.00 bits per heavy atom. The van der Waals surface area contributed by atoms with Gasteiger partial charge in [0.05, 0.1) is 22.7 Å². The molecule has 0 saturated carbocycles. The van der Waals surface area contributed by atoms with Crippen LogP contribution >= 0.6 is 11.3 Å². The third-order valence-corrected chi connectivity index (χ3v) is 4.59. The quantitative estimate of drug-likeness (QED) is 0.897. The van der Waals surface area contributed by atoms with Crippen LogP contribution in [0.15, 0.2) is 0 Å². The van der Waals surface area contributed by atoms with Gasteiger partial charge in [0, 0.05) is 0 Å². The lowest BCUT2D eigenvalue weighted by Crippen LogP contribution is -2.18. The molecule has 2 rings (SSSR count). The van der Waals surface area contributed by atoms with E-state index in [1.54, 1.807) is 11.3 Å². The standard InChI is InChI=1S/C13H22N2OS/c1-4-10-12(13(2,3)16)17-11(14-10)9-15-7-5-6-8-15/h16H,4-9H2,1-3H3. The molecule has 17 heavy (non-hydrogen) atoms. The zero-order valence-corrected chi connectivity index (χ0v) is 11.8. The highest BCUT2D eigenvalue weighted by Crippen LogP contribution is 2.31. The first-order valence-electron chi connectivity index (χ1n) is 6.44. The summed E-state index contributed by atoms with van der Waals surface area (Å²) in [6.45, 7) is 9.13. The number of thiazole rings is 1. The molecule has 4 heteroatoms. The van der Waals surface area contributed by atoms with Gasteiger partial charge in [-0.05, 0) is 46.2 Å². The van der Waals surface area contributed by atoms with Crippen LogP contribution < -0.4 is 0 Å². The van der Waals surface area contributed by atoms with Gasteiger partial charge >= 0.3 is 0 Å². The van der Waals surface area contributed by atoms with Crippen molar-refractivity contribution in [2.75, 3.05) is 13.1 Å². The minimum Gasteiger partial charge on any atom is -0.385 e. The smallest absolute Gasteiger partial charge is 0.107 e. The van der Waals surface area contributed by atoms with Crippen molar-refractivity contribution in [1.29, 1.82) is 0 Å². The minimum atomic E-state index is -0.758. The lowest BCUT2D eigenvalue weighted by atomic mass is 10.1. The van der Waals surface area contributed by atoms with Gasteiger partial charge in [-0.2, -0.15) is 0 Å². The van der Waals surface area contributed by atoms with Gasteiger partial charge in [0.25, 0.3) is 0 Å². The molecule has 0 radical (unpaired) electrons. The van der Waals surface area contributed by atoms with E-state index in [2.05, 4.69) is 16.8 Å². The Morgan fingerprint density at radius 1 is 1.35 bits per heavy atom. The second kappa shape index (κ2) is 5.04. The topological polar surface area (TPSA) is 36.4 Å². The maximum absolute atomic E-state index is 10.1. The van der Waals surface area contributed by atoms with E-state index in [1.807, 2.05) is 13.8 Å². The lowest BCUT2D eigenvalue weighted by Gasteiger charge is -2.16. The molecular formula is C13H22N2OS. The zero-order chi connectivity index (χ0) is 12.5. The van der Waals surface area contributed by atoms with Gasteiger partial charge in [-0.15, -0.1) is 11.3 Å². The Bertz CT molecular complexity index is 375. The SMILES string of the molecule is CCc1nc(CN2CCCC2)sc1C(C)(C)O. The number of likely N-dealkylation sites (tertiary alicyclic amines) is 1. The van der Waals surface area contributed by atoms with Crippen molar-refractivity contribution in [2.45, 2.75) is 52.2 Å². The fourth-order valence-corrected chi connectivity index (χ4v) is 3.51. The molecule has 0 aromatic carbocycles. The summed E-state index contributed by atoms with van der Waals surface area (Å²) in [4.78, 5) is 8.16. The monoisotopic (exact) mass is 254 g/mol. The van der Waals surface area contributed by atoms with E-state index < -0.39 is 5.60 Å². The summed E-state index contributed by atoms with van der Waals surface area (Å²) in [5.74, 6) is 0. The van der Waals surface area contributed by atoms with E-state index >= 15 is 0 Å². The predicted octanol–water partition coefficient (Wildman–Crippen LogP) is 2.53. The average molecular weight is 254 g/mol. The van der Waals surface area contributed by atoms with Crippen LogP contribution in [0, 0.1) is 0 Å². The summed E-state index contributed by atoms with van der Waals surface area (Å²) in [6, 6.07) is 0. The molecule has 1 aliphatic heterocycles. The first-order chi connectivity index (χ1) is 8.00. The Morgan fingerprint density at radius 3 is 2.47 bits per heavy atom. The number of aromatic nitrogens is 1. The van der Waals surface area contributed by atoms with E-state index in [1.165, 1.54) is 25.9 Å². The number of nitrogens with zero attached hydrogens (tertiary/aromatic N) is 2. The molecule has 1 aromatic rings. The summed E-state index contributed by atoms with van der Waals surface area (Å²) in [7, 11) is 0. The molecule has 1 aromatic heterocycles. The molecule has 0 atom stereocenters. The van der Waals surface area contributed by atoms with Gasteiger partial charge in [0.1, 0.15) is 5.01 Å². The summed E-state index contributed by atoms with van der Waals surface area (Å²) < 4.78 is 0. The Hall–Kier alpha value is -0.450. The number of hydrogen-bond acceptors (Lipinski definition) is 4. The molecule has 1 N–H and O–H groups in total. The van der Waals surface area contributed by atoms with E-state index in [0.717, 1.165) is 28.5 Å². The first kappa shape index (κ1) is 13.0. The first-order valence-corrected chi connectivity index (χ1v) is 7.26. The summed E-state index contributed by atoms with van der Waals surface area (Å²) >= 11 is 1.68. The maximum Gasteiger partial charge on any atom is 0.107 e. The highest BCUT2D eigenvalue weighted by molar-refractivity contribution is 7.11. The molecule has 0 unspecified atom stereocenters. The predicted molar refractivity (Wildman–Crippen MR) is 71.2 cm³/mol. The van der Waals surface area contributed by atoms with E-state index in [0.29, 0.717) is 0 Å². The van der Waals surface area contributed by atoms with Crippen LogP contribution in [-0.2, 0) is 18.6 Å². The summed E-state index contributed by atoms with van der Waals surface area (Å²) in [5, 5.41) is 11.3. The second-order valence-corrected chi connectivity index (χ2v) is 6.36. The van der Waals surface area contributed by atoms with Gasteiger partial charge < -0.3 is 5.11 Å². The highest BCUT2D eigenvalue weighted by atomic mass is 32.1. The molecule has 1 fully saturated rings. The van der Waals surface area contributed by atoms with Crippen molar-refractivity contribution in [2.24, 2.45) is 0 Å². The molecule has 96 valence electrons. The van der Waals surface area contributed by atoms with Gasteiger partial charge in [-0.25, -0.2) is 4.98 Å². The lowest BCUT2D eigenvalue weighted by molar-refractivity contribution is 0.0814. The molecule has 0 amide bonds. The number of hydrogen-bond donors (Lipinski definition) is 1. The van der Waals surface area contributed by atoms with Crippen molar-refractivity contribution >= 4 is 11.3 Å². The normalized spacial score (nSPS) is 17.9. The van der Waals surface area contributed by atoms with Gasteiger partial charge in [0.15, 0.2) is 0 Å². The molecule has 0 aliphatic carbocycles. The van der Waals surface area contributed by atoms with Crippen molar-refractivity contribution in [3.05, 3.63) is 15.6 Å². The van der Waals surface area contributed by atoms with Crippen molar-refractivity contribution < 1.29 is 5.11 Å². The molecule has 2 heterocycles.